The van der Waals surface area contributed by atoms with E-state index in [2.05, 4.69) is 17.6 Å². The Balaban J connectivity index is 1.69. The molecule has 0 aromatic rings. The summed E-state index contributed by atoms with van der Waals surface area (Å²) in [7, 11) is 0. The van der Waals surface area contributed by atoms with Crippen LogP contribution in [0.1, 0.15) is 39.0 Å². The van der Waals surface area contributed by atoms with Crippen molar-refractivity contribution in [1.82, 2.24) is 10.6 Å². The number of ether oxygens (including phenoxy) is 1. The number of amides is 1. The fraction of sp³-hybridized carbons (Fsp3) is 0.917. The van der Waals surface area contributed by atoms with Gasteiger partial charge in [-0.3, -0.25) is 4.79 Å². The first-order valence-electron chi connectivity index (χ1n) is 6.38. The maximum atomic E-state index is 11.8. The van der Waals surface area contributed by atoms with Crippen molar-refractivity contribution in [2.24, 2.45) is 0 Å². The van der Waals surface area contributed by atoms with Gasteiger partial charge in [0.05, 0.1) is 12.5 Å². The third-order valence-corrected chi connectivity index (χ3v) is 3.43. The van der Waals surface area contributed by atoms with Gasteiger partial charge in [-0.1, -0.05) is 0 Å². The summed E-state index contributed by atoms with van der Waals surface area (Å²) in [6.07, 6.45) is 4.93. The van der Waals surface area contributed by atoms with E-state index in [0.29, 0.717) is 18.5 Å². The molecule has 4 heteroatoms. The second-order valence-electron chi connectivity index (χ2n) is 4.98. The minimum atomic E-state index is 0.158. The molecule has 0 saturated carbocycles. The predicted molar refractivity (Wildman–Crippen MR) is 62.2 cm³/mol. The van der Waals surface area contributed by atoms with Crippen molar-refractivity contribution in [3.05, 3.63) is 0 Å². The number of rotatable bonds is 3. The van der Waals surface area contributed by atoms with E-state index in [1.807, 2.05) is 0 Å². The van der Waals surface area contributed by atoms with Gasteiger partial charge in [-0.2, -0.15) is 0 Å². The van der Waals surface area contributed by atoms with Crippen LogP contribution in [0.4, 0.5) is 0 Å². The fourth-order valence-electron chi connectivity index (χ4n) is 2.56. The summed E-state index contributed by atoms with van der Waals surface area (Å²) >= 11 is 0. The van der Waals surface area contributed by atoms with Gasteiger partial charge in [0, 0.05) is 18.7 Å². The van der Waals surface area contributed by atoms with Crippen molar-refractivity contribution >= 4 is 5.91 Å². The molecule has 2 saturated heterocycles. The SMILES string of the molecule is CC1CC(NC(=O)CC2CCCO2)CCN1. The number of piperidine rings is 1. The zero-order chi connectivity index (χ0) is 11.4. The van der Waals surface area contributed by atoms with Crippen molar-refractivity contribution in [3.63, 3.8) is 0 Å². The normalized spacial score (nSPS) is 34.9. The third kappa shape index (κ3) is 3.46. The molecule has 2 heterocycles. The van der Waals surface area contributed by atoms with Crippen LogP contribution in [0.15, 0.2) is 0 Å². The second-order valence-corrected chi connectivity index (χ2v) is 4.98. The smallest absolute Gasteiger partial charge is 0.222 e. The van der Waals surface area contributed by atoms with Crippen LogP contribution < -0.4 is 10.6 Å². The van der Waals surface area contributed by atoms with Crippen molar-refractivity contribution < 1.29 is 9.53 Å². The summed E-state index contributed by atoms with van der Waals surface area (Å²) in [4.78, 5) is 11.8. The molecular weight excluding hydrogens is 204 g/mol. The molecule has 2 fully saturated rings. The highest BCUT2D eigenvalue weighted by molar-refractivity contribution is 5.76. The van der Waals surface area contributed by atoms with Crippen molar-refractivity contribution in [3.8, 4) is 0 Å². The minimum absolute atomic E-state index is 0.158. The highest BCUT2D eigenvalue weighted by Crippen LogP contribution is 2.15. The summed E-state index contributed by atoms with van der Waals surface area (Å²) < 4.78 is 5.46. The Bertz CT molecular complexity index is 239. The Kier molecular flexibility index (Phi) is 4.18. The lowest BCUT2D eigenvalue weighted by Crippen LogP contribution is -2.47. The van der Waals surface area contributed by atoms with E-state index in [-0.39, 0.29) is 12.0 Å². The van der Waals surface area contributed by atoms with E-state index >= 15 is 0 Å². The first-order valence-corrected chi connectivity index (χ1v) is 6.38. The highest BCUT2D eigenvalue weighted by atomic mass is 16.5. The van der Waals surface area contributed by atoms with E-state index in [9.17, 15) is 4.79 Å². The van der Waals surface area contributed by atoms with Crippen molar-refractivity contribution in [2.75, 3.05) is 13.2 Å². The van der Waals surface area contributed by atoms with Gasteiger partial charge < -0.3 is 15.4 Å². The quantitative estimate of drug-likeness (QED) is 0.749. The molecule has 0 aromatic heterocycles. The van der Waals surface area contributed by atoms with Crippen molar-refractivity contribution in [2.45, 2.75) is 57.2 Å². The molecule has 3 atom stereocenters. The lowest BCUT2D eigenvalue weighted by molar-refractivity contribution is -0.124. The van der Waals surface area contributed by atoms with E-state index < -0.39 is 0 Å². The molecule has 2 aliphatic heterocycles. The molecule has 2 rings (SSSR count). The number of hydrogen-bond donors (Lipinski definition) is 2. The van der Waals surface area contributed by atoms with Crippen LogP contribution in [0.25, 0.3) is 0 Å². The average molecular weight is 226 g/mol. The Morgan fingerprint density at radius 1 is 1.50 bits per heavy atom. The zero-order valence-corrected chi connectivity index (χ0v) is 10.00. The van der Waals surface area contributed by atoms with E-state index in [0.717, 1.165) is 38.8 Å². The third-order valence-electron chi connectivity index (χ3n) is 3.43. The molecule has 92 valence electrons. The zero-order valence-electron chi connectivity index (χ0n) is 10.00. The van der Waals surface area contributed by atoms with Gasteiger partial charge in [0.15, 0.2) is 0 Å². The molecule has 16 heavy (non-hydrogen) atoms. The topological polar surface area (TPSA) is 50.4 Å². The molecule has 4 nitrogen and oxygen atoms in total. The van der Waals surface area contributed by atoms with Gasteiger partial charge in [0.25, 0.3) is 0 Å². The van der Waals surface area contributed by atoms with Crippen LogP contribution in [0.3, 0.4) is 0 Å². The Hall–Kier alpha value is -0.610. The molecule has 0 aromatic carbocycles. The Morgan fingerprint density at radius 3 is 3.06 bits per heavy atom. The Labute approximate surface area is 97.1 Å². The largest absolute Gasteiger partial charge is 0.378 e. The standard InChI is InChI=1S/C12H22N2O2/c1-9-7-10(4-5-13-9)14-12(15)8-11-3-2-6-16-11/h9-11,13H,2-8H2,1H3,(H,14,15). The summed E-state index contributed by atoms with van der Waals surface area (Å²) in [6.45, 7) is 3.99. The lowest BCUT2D eigenvalue weighted by atomic mass is 10.0. The van der Waals surface area contributed by atoms with Crippen LogP contribution in [0.2, 0.25) is 0 Å². The van der Waals surface area contributed by atoms with Gasteiger partial charge in [-0.05, 0) is 39.2 Å². The molecule has 1 amide bonds. The molecule has 0 aliphatic carbocycles. The van der Waals surface area contributed by atoms with Gasteiger partial charge in [-0.25, -0.2) is 0 Å². The second kappa shape index (κ2) is 5.64. The molecule has 0 radical (unpaired) electrons. The number of carbonyl (C=O) groups excluding carboxylic acids is 1. The van der Waals surface area contributed by atoms with Crippen LogP contribution >= 0.6 is 0 Å². The summed E-state index contributed by atoms with van der Waals surface area (Å²) in [5, 5.41) is 6.50. The van der Waals surface area contributed by atoms with Gasteiger partial charge in [0.1, 0.15) is 0 Å². The summed E-state index contributed by atoms with van der Waals surface area (Å²) in [5.74, 6) is 0.158. The Morgan fingerprint density at radius 2 is 2.38 bits per heavy atom. The van der Waals surface area contributed by atoms with E-state index in [4.69, 9.17) is 4.74 Å². The average Bonchev–Trinajstić information content (AvgIpc) is 2.70. The highest BCUT2D eigenvalue weighted by Gasteiger charge is 2.23. The number of carbonyl (C=O) groups is 1. The predicted octanol–water partition coefficient (Wildman–Crippen LogP) is 0.812. The first-order chi connectivity index (χ1) is 7.74. The molecular formula is C12H22N2O2. The molecule has 2 aliphatic rings. The van der Waals surface area contributed by atoms with Crippen LogP contribution in [-0.2, 0) is 9.53 Å². The van der Waals surface area contributed by atoms with Gasteiger partial charge >= 0.3 is 0 Å². The summed E-state index contributed by atoms with van der Waals surface area (Å²) in [6, 6.07) is 0.868. The molecule has 3 unspecified atom stereocenters. The summed E-state index contributed by atoms with van der Waals surface area (Å²) in [5.41, 5.74) is 0. The lowest BCUT2D eigenvalue weighted by Gasteiger charge is -2.28. The van der Waals surface area contributed by atoms with Crippen LogP contribution in [0, 0.1) is 0 Å². The van der Waals surface area contributed by atoms with E-state index in [1.54, 1.807) is 0 Å². The number of hydrogen-bond acceptors (Lipinski definition) is 3. The van der Waals surface area contributed by atoms with Crippen molar-refractivity contribution in [1.29, 1.82) is 0 Å². The molecule has 0 spiro atoms. The monoisotopic (exact) mass is 226 g/mol. The van der Waals surface area contributed by atoms with Gasteiger partial charge in [0.2, 0.25) is 5.91 Å². The maximum absolute atomic E-state index is 11.8. The van der Waals surface area contributed by atoms with Gasteiger partial charge in [-0.15, -0.1) is 0 Å². The van der Waals surface area contributed by atoms with Crippen LogP contribution in [0.5, 0.6) is 0 Å². The maximum Gasteiger partial charge on any atom is 0.222 e. The van der Waals surface area contributed by atoms with Crippen LogP contribution in [-0.4, -0.2) is 37.2 Å². The van der Waals surface area contributed by atoms with E-state index in [1.165, 1.54) is 0 Å². The fourth-order valence-corrected chi connectivity index (χ4v) is 2.56. The molecule has 2 N–H and O–H groups in total. The minimum Gasteiger partial charge on any atom is -0.378 e. The molecule has 0 bridgehead atoms. The first kappa shape index (κ1) is 11.9. The number of nitrogens with one attached hydrogen (secondary N) is 2.